The lowest BCUT2D eigenvalue weighted by Crippen LogP contribution is -2.29. The van der Waals surface area contributed by atoms with E-state index in [1.54, 1.807) is 17.0 Å². The predicted molar refractivity (Wildman–Crippen MR) is 94.8 cm³/mol. The molecule has 0 saturated heterocycles. The Labute approximate surface area is 144 Å². The molecule has 4 heteroatoms. The number of hydrogen-bond acceptors (Lipinski definition) is 2. The molecule has 0 unspecified atom stereocenters. The molecule has 2 aromatic rings. The lowest BCUT2D eigenvalue weighted by atomic mass is 9.87. The molecule has 0 aromatic heterocycles. The number of benzene rings is 2. The molecule has 3 nitrogen and oxygen atoms in total. The number of carbonyl (C=O) groups excluding carboxylic acids is 2. The first kappa shape index (κ1) is 15.9. The summed E-state index contributed by atoms with van der Waals surface area (Å²) in [5.41, 5.74) is 3.49. The van der Waals surface area contributed by atoms with Gasteiger partial charge in [-0.1, -0.05) is 61.0 Å². The summed E-state index contributed by atoms with van der Waals surface area (Å²) in [6, 6.07) is 13.5. The molecule has 0 saturated carbocycles. The summed E-state index contributed by atoms with van der Waals surface area (Å²) < 4.78 is 0.854. The van der Waals surface area contributed by atoms with E-state index in [2.05, 4.69) is 48.8 Å². The fraction of sp³-hybridized carbons (Fsp3) is 0.263. The van der Waals surface area contributed by atoms with E-state index in [1.807, 2.05) is 18.2 Å². The first-order valence-corrected chi connectivity index (χ1v) is 8.32. The minimum absolute atomic E-state index is 0.0927. The van der Waals surface area contributed by atoms with Crippen LogP contribution in [0, 0.1) is 0 Å². The lowest BCUT2D eigenvalue weighted by molar-refractivity contribution is -0.114. The zero-order valence-electron chi connectivity index (χ0n) is 13.4. The molecule has 0 radical (unpaired) electrons. The number of hydrogen-bond donors (Lipinski definition) is 0. The third-order valence-electron chi connectivity index (χ3n) is 4.10. The van der Waals surface area contributed by atoms with Crippen molar-refractivity contribution in [2.24, 2.45) is 0 Å². The van der Waals surface area contributed by atoms with Gasteiger partial charge in [0.25, 0.3) is 11.7 Å². The summed E-state index contributed by atoms with van der Waals surface area (Å²) in [4.78, 5) is 25.9. The first-order chi connectivity index (χ1) is 10.8. The summed E-state index contributed by atoms with van der Waals surface area (Å²) in [5, 5.41) is 0. The molecule has 118 valence electrons. The molecular weight excluding hydrogens is 354 g/mol. The van der Waals surface area contributed by atoms with Crippen molar-refractivity contribution in [2.75, 3.05) is 4.90 Å². The Kier molecular flexibility index (Phi) is 3.88. The van der Waals surface area contributed by atoms with Gasteiger partial charge >= 0.3 is 0 Å². The van der Waals surface area contributed by atoms with Crippen molar-refractivity contribution in [1.82, 2.24) is 0 Å². The maximum Gasteiger partial charge on any atom is 0.299 e. The van der Waals surface area contributed by atoms with Gasteiger partial charge in [-0.15, -0.1) is 0 Å². The molecule has 1 aliphatic heterocycles. The van der Waals surface area contributed by atoms with Gasteiger partial charge in [-0.3, -0.25) is 9.59 Å². The number of halogens is 1. The van der Waals surface area contributed by atoms with Crippen molar-refractivity contribution in [1.29, 1.82) is 0 Å². The molecule has 23 heavy (non-hydrogen) atoms. The second-order valence-corrected chi connectivity index (χ2v) is 7.74. The van der Waals surface area contributed by atoms with Crippen molar-refractivity contribution >= 4 is 33.3 Å². The summed E-state index contributed by atoms with van der Waals surface area (Å²) in [5.74, 6) is -0.892. The van der Waals surface area contributed by atoms with Crippen molar-refractivity contribution in [3.05, 3.63) is 63.6 Å². The van der Waals surface area contributed by atoms with Crippen LogP contribution in [0.5, 0.6) is 0 Å². The van der Waals surface area contributed by atoms with Gasteiger partial charge < -0.3 is 4.90 Å². The van der Waals surface area contributed by atoms with Crippen LogP contribution in [0.3, 0.4) is 0 Å². The number of rotatable bonds is 2. The second-order valence-electron chi connectivity index (χ2n) is 6.83. The molecule has 3 rings (SSSR count). The summed E-state index contributed by atoms with van der Waals surface area (Å²) in [6.07, 6.45) is 0. The second kappa shape index (κ2) is 5.60. The maximum atomic E-state index is 12.3. The molecule has 2 aromatic carbocycles. The number of carbonyl (C=O) groups is 2. The van der Waals surface area contributed by atoms with Crippen LogP contribution >= 0.6 is 15.9 Å². The smallest absolute Gasteiger partial charge is 0.299 e. The third kappa shape index (κ3) is 2.95. The number of nitrogens with zero attached hydrogens (tertiary/aromatic N) is 1. The zero-order valence-corrected chi connectivity index (χ0v) is 15.0. The molecule has 0 atom stereocenters. The Morgan fingerprint density at radius 3 is 2.26 bits per heavy atom. The highest BCUT2D eigenvalue weighted by Crippen LogP contribution is 2.33. The van der Waals surface area contributed by atoms with Gasteiger partial charge in [0.2, 0.25) is 0 Å². The average Bonchev–Trinajstić information content (AvgIpc) is 2.72. The monoisotopic (exact) mass is 371 g/mol. The molecule has 0 bridgehead atoms. The van der Waals surface area contributed by atoms with Crippen LogP contribution in [0.15, 0.2) is 46.9 Å². The molecule has 1 aliphatic rings. The van der Waals surface area contributed by atoms with Gasteiger partial charge in [-0.25, -0.2) is 0 Å². The maximum absolute atomic E-state index is 12.3. The Morgan fingerprint density at radius 1 is 1.00 bits per heavy atom. The average molecular weight is 372 g/mol. The Balaban J connectivity index is 1.90. The molecular formula is C19H18BrNO2. The standard InChI is InChI=1S/C19H18BrNO2/c1-19(2,3)13-6-4-12(5-7-13)11-21-16-10-14(20)8-9-15(16)17(22)18(21)23/h4-10H,11H2,1-3H3. The van der Waals surface area contributed by atoms with E-state index in [1.165, 1.54) is 5.56 Å². The Bertz CT molecular complexity index is 788. The number of fused-ring (bicyclic) bond motifs is 1. The van der Waals surface area contributed by atoms with Crippen LogP contribution in [-0.2, 0) is 16.8 Å². The van der Waals surface area contributed by atoms with Gasteiger partial charge in [0.1, 0.15) is 0 Å². The van der Waals surface area contributed by atoms with Crippen LogP contribution in [0.1, 0.15) is 42.3 Å². The molecule has 0 spiro atoms. The molecule has 0 fully saturated rings. The molecule has 1 heterocycles. The Hall–Kier alpha value is -1.94. The highest BCUT2D eigenvalue weighted by Gasteiger charge is 2.35. The van der Waals surface area contributed by atoms with Gasteiger partial charge in [0.15, 0.2) is 0 Å². The fourth-order valence-corrected chi connectivity index (χ4v) is 3.07. The van der Waals surface area contributed by atoms with E-state index in [0.717, 1.165) is 10.0 Å². The van der Waals surface area contributed by atoms with Crippen LogP contribution in [0.25, 0.3) is 0 Å². The van der Waals surface area contributed by atoms with Gasteiger partial charge in [0.05, 0.1) is 17.8 Å². The lowest BCUT2D eigenvalue weighted by Gasteiger charge is -2.20. The number of ketones is 1. The highest BCUT2D eigenvalue weighted by atomic mass is 79.9. The predicted octanol–water partition coefficient (Wildman–Crippen LogP) is 4.48. The van der Waals surface area contributed by atoms with E-state index in [0.29, 0.717) is 17.8 Å². The SMILES string of the molecule is CC(C)(C)c1ccc(CN2C(=O)C(=O)c3ccc(Br)cc32)cc1. The summed E-state index contributed by atoms with van der Waals surface area (Å²) >= 11 is 3.40. The van der Waals surface area contributed by atoms with E-state index in [4.69, 9.17) is 0 Å². The zero-order chi connectivity index (χ0) is 16.8. The van der Waals surface area contributed by atoms with Gasteiger partial charge in [-0.05, 0) is 34.7 Å². The van der Waals surface area contributed by atoms with Crippen LogP contribution in [0.2, 0.25) is 0 Å². The van der Waals surface area contributed by atoms with Gasteiger partial charge in [0, 0.05) is 4.47 Å². The number of anilines is 1. The van der Waals surface area contributed by atoms with E-state index >= 15 is 0 Å². The number of Topliss-reactive ketones (excluding diaryl/α,β-unsaturated/α-hetero) is 1. The Morgan fingerprint density at radius 2 is 1.65 bits per heavy atom. The minimum atomic E-state index is -0.460. The number of amides is 1. The molecule has 1 amide bonds. The van der Waals surface area contributed by atoms with E-state index < -0.39 is 11.7 Å². The fourth-order valence-electron chi connectivity index (χ4n) is 2.72. The van der Waals surface area contributed by atoms with Crippen LogP contribution < -0.4 is 4.90 Å². The minimum Gasteiger partial charge on any atom is -0.300 e. The van der Waals surface area contributed by atoms with Crippen molar-refractivity contribution < 1.29 is 9.59 Å². The van der Waals surface area contributed by atoms with E-state index in [-0.39, 0.29) is 5.41 Å². The first-order valence-electron chi connectivity index (χ1n) is 7.52. The highest BCUT2D eigenvalue weighted by molar-refractivity contribution is 9.10. The van der Waals surface area contributed by atoms with Gasteiger partial charge in [-0.2, -0.15) is 0 Å². The normalized spacial score (nSPS) is 14.3. The summed E-state index contributed by atoms with van der Waals surface area (Å²) in [6.45, 7) is 6.90. The van der Waals surface area contributed by atoms with Crippen LogP contribution in [-0.4, -0.2) is 11.7 Å². The van der Waals surface area contributed by atoms with E-state index in [9.17, 15) is 9.59 Å². The topological polar surface area (TPSA) is 37.4 Å². The largest absolute Gasteiger partial charge is 0.300 e. The summed E-state index contributed by atoms with van der Waals surface area (Å²) in [7, 11) is 0. The van der Waals surface area contributed by atoms with Crippen LogP contribution in [0.4, 0.5) is 5.69 Å². The van der Waals surface area contributed by atoms with Crippen molar-refractivity contribution in [2.45, 2.75) is 32.7 Å². The molecule has 0 N–H and O–H groups in total. The van der Waals surface area contributed by atoms with Crippen molar-refractivity contribution in [3.8, 4) is 0 Å². The third-order valence-corrected chi connectivity index (χ3v) is 4.59. The molecule has 0 aliphatic carbocycles. The quantitative estimate of drug-likeness (QED) is 0.730. The van der Waals surface area contributed by atoms with Crippen molar-refractivity contribution in [3.63, 3.8) is 0 Å².